The number of H-pyrrole nitrogens is 1. The van der Waals surface area contributed by atoms with Crippen molar-refractivity contribution in [2.45, 2.75) is 25.9 Å². The van der Waals surface area contributed by atoms with Crippen molar-refractivity contribution in [2.24, 2.45) is 5.73 Å². The number of primary amides is 1. The second kappa shape index (κ2) is 6.38. The number of carbonyl (C=O) groups is 1. The van der Waals surface area contributed by atoms with E-state index in [0.29, 0.717) is 18.6 Å². The summed E-state index contributed by atoms with van der Waals surface area (Å²) in [4.78, 5) is 34.9. The highest BCUT2D eigenvalue weighted by molar-refractivity contribution is 5.95. The van der Waals surface area contributed by atoms with Crippen LogP contribution in [0.15, 0.2) is 23.1 Å². The molecule has 0 aliphatic carbocycles. The lowest BCUT2D eigenvalue weighted by molar-refractivity contribution is 0.0994. The number of amides is 1. The zero-order valence-electron chi connectivity index (χ0n) is 14.4. The fourth-order valence-corrected chi connectivity index (χ4v) is 3.02. The van der Waals surface area contributed by atoms with Crippen molar-refractivity contribution in [3.63, 3.8) is 0 Å². The van der Waals surface area contributed by atoms with Crippen molar-refractivity contribution in [2.75, 3.05) is 6.61 Å². The Hall–Kier alpha value is -3.43. The molecule has 0 spiro atoms. The molecule has 10 heteroatoms. The van der Waals surface area contributed by atoms with E-state index in [0.717, 1.165) is 10.6 Å². The van der Waals surface area contributed by atoms with E-state index in [4.69, 9.17) is 15.2 Å². The van der Waals surface area contributed by atoms with Gasteiger partial charge in [0.1, 0.15) is 16.8 Å². The van der Waals surface area contributed by atoms with E-state index in [1.54, 1.807) is 6.07 Å². The molecule has 0 saturated heterocycles. The smallest absolute Gasteiger partial charge is 0.333 e. The van der Waals surface area contributed by atoms with Gasteiger partial charge in [0.05, 0.1) is 12.7 Å². The molecule has 4 heterocycles. The molecule has 27 heavy (non-hydrogen) atoms. The Kier molecular flexibility index (Phi) is 4.02. The molecule has 0 radical (unpaired) electrons. The molecule has 3 aromatic rings. The third-order valence-electron chi connectivity index (χ3n) is 4.26. The van der Waals surface area contributed by atoms with Crippen molar-refractivity contribution >= 4 is 17.1 Å². The lowest BCUT2D eigenvalue weighted by Crippen LogP contribution is -2.22. The first-order chi connectivity index (χ1) is 13.0. The number of aromatic nitrogens is 4. The van der Waals surface area contributed by atoms with Crippen LogP contribution < -0.4 is 20.9 Å². The summed E-state index contributed by atoms with van der Waals surface area (Å²) in [7, 11) is 0. The van der Waals surface area contributed by atoms with Crippen LogP contribution in [0.2, 0.25) is 0 Å². The molecule has 1 aliphatic rings. The number of rotatable bonds is 1. The zero-order valence-corrected chi connectivity index (χ0v) is 14.4. The summed E-state index contributed by atoms with van der Waals surface area (Å²) in [6, 6.07) is 2.51. The van der Waals surface area contributed by atoms with Gasteiger partial charge in [-0.3, -0.25) is 9.78 Å². The number of aromatic amines is 1. The summed E-state index contributed by atoms with van der Waals surface area (Å²) in [5, 5.41) is 0. The van der Waals surface area contributed by atoms with Crippen molar-refractivity contribution in [1.82, 2.24) is 19.5 Å². The first-order valence-electron chi connectivity index (χ1n) is 8.35. The summed E-state index contributed by atoms with van der Waals surface area (Å²) in [5.74, 6) is -1.87. The topological polar surface area (TPSA) is 125 Å². The minimum atomic E-state index is -0.904. The summed E-state index contributed by atoms with van der Waals surface area (Å²) >= 11 is 0. The molecule has 3 aromatic heterocycles. The Morgan fingerprint density at radius 2 is 2.30 bits per heavy atom. The number of nitrogens with one attached hydrogen (secondary N) is 1. The average Bonchev–Trinajstić information content (AvgIpc) is 2.95. The van der Waals surface area contributed by atoms with Crippen molar-refractivity contribution in [1.29, 1.82) is 0 Å². The average molecular weight is 373 g/mol. The molecule has 1 atom stereocenters. The third-order valence-corrected chi connectivity index (χ3v) is 4.26. The lowest BCUT2D eigenvalue weighted by Gasteiger charge is -2.18. The van der Waals surface area contributed by atoms with Crippen LogP contribution in [-0.4, -0.2) is 38.1 Å². The van der Waals surface area contributed by atoms with Gasteiger partial charge in [0.25, 0.3) is 5.91 Å². The Morgan fingerprint density at radius 3 is 3.07 bits per heavy atom. The van der Waals surface area contributed by atoms with Gasteiger partial charge >= 0.3 is 5.69 Å². The number of hydrogen-bond acceptors (Lipinski definition) is 6. The molecule has 3 N–H and O–H groups in total. The molecule has 2 bridgehead atoms. The highest BCUT2D eigenvalue weighted by Crippen LogP contribution is 2.29. The molecule has 1 amide bonds. The van der Waals surface area contributed by atoms with E-state index in [1.807, 2.05) is 6.92 Å². The van der Waals surface area contributed by atoms with Crippen LogP contribution >= 0.6 is 0 Å². The standard InChI is InChI=1S/C17H16FN5O4/c1-8-3-2-6-26-16-9(13(19)24)7-10(18)15(22-16)23-12-11(27-8)4-5-20-14(12)21-17(23)25/h4-5,7-8H,2-3,6H2,1H3,(H2,19,24)(H,20,21,25)/t8-/m1/s1. The van der Waals surface area contributed by atoms with Crippen LogP contribution in [0.3, 0.4) is 0 Å². The van der Waals surface area contributed by atoms with Crippen LogP contribution in [0.4, 0.5) is 4.39 Å². The predicted octanol–water partition coefficient (Wildman–Crippen LogP) is 1.29. The summed E-state index contributed by atoms with van der Waals surface area (Å²) in [6.45, 7) is 2.10. The van der Waals surface area contributed by atoms with E-state index in [9.17, 15) is 14.0 Å². The predicted molar refractivity (Wildman–Crippen MR) is 92.8 cm³/mol. The van der Waals surface area contributed by atoms with Crippen LogP contribution in [0.25, 0.3) is 17.0 Å². The fraction of sp³-hybridized carbons (Fsp3) is 0.294. The maximum absolute atomic E-state index is 14.7. The summed E-state index contributed by atoms with van der Waals surface area (Å²) in [6.07, 6.45) is 2.56. The first kappa shape index (κ1) is 17.0. The number of fused-ring (bicyclic) bond motifs is 3. The maximum Gasteiger partial charge on any atom is 0.333 e. The molecule has 0 aromatic carbocycles. The Balaban J connectivity index is 2.06. The van der Waals surface area contributed by atoms with Gasteiger partial charge < -0.3 is 15.2 Å². The van der Waals surface area contributed by atoms with Gasteiger partial charge in [-0.05, 0) is 25.8 Å². The molecular weight excluding hydrogens is 357 g/mol. The normalized spacial score (nSPS) is 16.7. The summed E-state index contributed by atoms with van der Waals surface area (Å²) < 4.78 is 27.2. The van der Waals surface area contributed by atoms with E-state index < -0.39 is 17.4 Å². The number of nitrogens with two attached hydrogens (primary N) is 1. The molecule has 0 fully saturated rings. The Bertz CT molecular complexity index is 1110. The largest absolute Gasteiger partial charge is 0.488 e. The highest BCUT2D eigenvalue weighted by atomic mass is 19.1. The summed E-state index contributed by atoms with van der Waals surface area (Å²) in [5.41, 5.74) is 4.94. The number of hydrogen-bond donors (Lipinski definition) is 2. The van der Waals surface area contributed by atoms with Crippen molar-refractivity contribution in [3.05, 3.63) is 40.2 Å². The monoisotopic (exact) mass is 373 g/mol. The lowest BCUT2D eigenvalue weighted by atomic mass is 10.2. The van der Waals surface area contributed by atoms with Gasteiger partial charge in [-0.2, -0.15) is 4.98 Å². The molecule has 4 rings (SSSR count). The fourth-order valence-electron chi connectivity index (χ4n) is 3.02. The second-order valence-corrected chi connectivity index (χ2v) is 6.20. The quantitative estimate of drug-likeness (QED) is 0.662. The van der Waals surface area contributed by atoms with Gasteiger partial charge in [0.15, 0.2) is 17.3 Å². The molecule has 1 aliphatic heterocycles. The van der Waals surface area contributed by atoms with Crippen LogP contribution in [0.5, 0.6) is 11.6 Å². The SMILES string of the molecule is C[C@@H]1CCCOc2nc(c(F)cc2C(N)=O)-n2c(=O)[nH]c3nccc(c32)O1. The molecule has 140 valence electrons. The van der Waals surface area contributed by atoms with Gasteiger partial charge in [0.2, 0.25) is 5.88 Å². The minimum Gasteiger partial charge on any atom is -0.488 e. The highest BCUT2D eigenvalue weighted by Gasteiger charge is 2.24. The van der Waals surface area contributed by atoms with Gasteiger partial charge in [-0.25, -0.2) is 18.7 Å². The number of nitrogens with zero attached hydrogens (tertiary/aromatic N) is 3. The minimum absolute atomic E-state index is 0.125. The third kappa shape index (κ3) is 2.88. The van der Waals surface area contributed by atoms with Gasteiger partial charge in [-0.1, -0.05) is 0 Å². The van der Waals surface area contributed by atoms with E-state index in [2.05, 4.69) is 15.0 Å². The molecule has 9 nitrogen and oxygen atoms in total. The molecule has 0 saturated carbocycles. The van der Waals surface area contributed by atoms with Crippen LogP contribution in [0, 0.1) is 5.82 Å². The van der Waals surface area contributed by atoms with Crippen LogP contribution in [-0.2, 0) is 0 Å². The first-order valence-corrected chi connectivity index (χ1v) is 8.35. The molecular formula is C17H16FN5O4. The number of imidazole rings is 1. The number of halogens is 1. The number of ether oxygens (including phenoxy) is 2. The molecule has 0 unspecified atom stereocenters. The van der Waals surface area contributed by atoms with Gasteiger partial charge in [-0.15, -0.1) is 0 Å². The number of pyridine rings is 2. The van der Waals surface area contributed by atoms with E-state index in [-0.39, 0.29) is 41.1 Å². The van der Waals surface area contributed by atoms with E-state index in [1.165, 1.54) is 6.20 Å². The second-order valence-electron chi connectivity index (χ2n) is 6.20. The van der Waals surface area contributed by atoms with E-state index >= 15 is 0 Å². The zero-order chi connectivity index (χ0) is 19.1. The Morgan fingerprint density at radius 1 is 1.48 bits per heavy atom. The Labute approximate surface area is 151 Å². The van der Waals surface area contributed by atoms with Gasteiger partial charge in [0, 0.05) is 12.3 Å². The number of carbonyl (C=O) groups excluding carboxylic acids is 1. The van der Waals surface area contributed by atoms with Crippen LogP contribution in [0.1, 0.15) is 30.1 Å². The maximum atomic E-state index is 14.7. The van der Waals surface area contributed by atoms with Crippen molar-refractivity contribution < 1.29 is 18.7 Å². The van der Waals surface area contributed by atoms with Crippen molar-refractivity contribution in [3.8, 4) is 17.4 Å².